The maximum atomic E-state index is 5.24. The van der Waals surface area contributed by atoms with E-state index in [1.807, 2.05) is 40.9 Å². The van der Waals surface area contributed by atoms with Crippen molar-refractivity contribution in [2.24, 2.45) is 0 Å². The molecule has 0 saturated carbocycles. The van der Waals surface area contributed by atoms with Crippen molar-refractivity contribution >= 4 is 95.3 Å². The lowest BCUT2D eigenvalue weighted by Gasteiger charge is -2.12. The number of thiophene rings is 2. The van der Waals surface area contributed by atoms with Gasteiger partial charge < -0.3 is 0 Å². The van der Waals surface area contributed by atoms with Gasteiger partial charge in [-0.2, -0.15) is 0 Å². The molecule has 0 unspecified atom stereocenters. The van der Waals surface area contributed by atoms with Gasteiger partial charge in [-0.1, -0.05) is 146 Å². The highest BCUT2D eigenvalue weighted by Crippen LogP contribution is 2.46. The zero-order valence-corrected chi connectivity index (χ0v) is 31.5. The second-order valence-electron chi connectivity index (χ2n) is 14.3. The molecule has 0 radical (unpaired) electrons. The van der Waals surface area contributed by atoms with Crippen LogP contribution in [-0.2, 0) is 0 Å². The van der Waals surface area contributed by atoms with E-state index in [9.17, 15) is 0 Å². The second kappa shape index (κ2) is 12.4. The summed E-state index contributed by atoms with van der Waals surface area (Å²) >= 11 is 3.74. The van der Waals surface area contributed by atoms with Gasteiger partial charge in [-0.3, -0.25) is 0 Å². The molecule has 5 heteroatoms. The van der Waals surface area contributed by atoms with Crippen LogP contribution in [0.5, 0.6) is 0 Å². The maximum Gasteiger partial charge on any atom is 0.164 e. The van der Waals surface area contributed by atoms with Gasteiger partial charge in [0.05, 0.1) is 0 Å². The van der Waals surface area contributed by atoms with Crippen molar-refractivity contribution in [3.8, 4) is 45.3 Å². The molecule has 0 saturated heterocycles. The summed E-state index contributed by atoms with van der Waals surface area (Å²) in [5.74, 6) is 1.98. The molecule has 3 nitrogen and oxygen atoms in total. The lowest BCUT2D eigenvalue weighted by atomic mass is 9.94. The Bertz CT molecular complexity index is 3540. The average molecular weight is 748 g/mol. The van der Waals surface area contributed by atoms with Crippen LogP contribution in [0, 0.1) is 0 Å². The molecular formula is C51H29N3S2. The number of benzene rings is 9. The van der Waals surface area contributed by atoms with Crippen molar-refractivity contribution in [3.05, 3.63) is 176 Å². The smallest absolute Gasteiger partial charge is 0.164 e. The van der Waals surface area contributed by atoms with Gasteiger partial charge in [-0.15, -0.1) is 22.7 Å². The van der Waals surface area contributed by atoms with Crippen molar-refractivity contribution in [3.63, 3.8) is 0 Å². The zero-order valence-electron chi connectivity index (χ0n) is 29.9. The second-order valence-corrected chi connectivity index (χ2v) is 16.5. The molecule has 56 heavy (non-hydrogen) atoms. The van der Waals surface area contributed by atoms with Crippen molar-refractivity contribution in [2.45, 2.75) is 0 Å². The molecule has 9 aromatic carbocycles. The molecule has 0 aliphatic carbocycles. The Labute approximate surface area is 329 Å². The standard InChI is InChI=1S/C51H29N3S2/c1-2-12-31(13-3-1)49-52-50(40-20-8-16-30-11-6-7-17-35(30)40)54-51(53-49)41-21-9-19-39-37(41)25-26-44-48(39)47-36(18-10-22-43(47)55-44)34-23-24-38-42-27-32-14-4-5-15-33(32)28-46(42)56-45(38)29-34/h1-29H. The van der Waals surface area contributed by atoms with Crippen LogP contribution in [0.25, 0.3) is 118 Å². The van der Waals surface area contributed by atoms with Crippen LogP contribution >= 0.6 is 22.7 Å². The third kappa shape index (κ3) is 4.92. The molecule has 0 N–H and O–H groups in total. The van der Waals surface area contributed by atoms with E-state index in [4.69, 9.17) is 15.0 Å². The van der Waals surface area contributed by atoms with Crippen molar-refractivity contribution in [2.75, 3.05) is 0 Å². The van der Waals surface area contributed by atoms with E-state index in [-0.39, 0.29) is 0 Å². The first-order valence-electron chi connectivity index (χ1n) is 18.8. The number of rotatable bonds is 4. The summed E-state index contributed by atoms with van der Waals surface area (Å²) in [5.41, 5.74) is 5.42. The molecule has 0 aliphatic heterocycles. The van der Waals surface area contributed by atoms with Gasteiger partial charge in [0.1, 0.15) is 0 Å². The van der Waals surface area contributed by atoms with Crippen LogP contribution in [0.2, 0.25) is 0 Å². The largest absolute Gasteiger partial charge is 0.208 e. The summed E-state index contributed by atoms with van der Waals surface area (Å²) in [7, 11) is 0. The van der Waals surface area contributed by atoms with Gasteiger partial charge >= 0.3 is 0 Å². The Balaban J connectivity index is 1.07. The highest BCUT2D eigenvalue weighted by Gasteiger charge is 2.19. The summed E-state index contributed by atoms with van der Waals surface area (Å²) in [6.07, 6.45) is 0. The molecule has 3 aromatic heterocycles. The molecule has 12 rings (SSSR count). The Morgan fingerprint density at radius 1 is 0.286 bits per heavy atom. The van der Waals surface area contributed by atoms with Crippen molar-refractivity contribution in [1.82, 2.24) is 15.0 Å². The summed E-state index contributed by atoms with van der Waals surface area (Å²) in [6.45, 7) is 0. The predicted molar refractivity (Wildman–Crippen MR) is 240 cm³/mol. The lowest BCUT2D eigenvalue weighted by Crippen LogP contribution is -2.01. The SMILES string of the molecule is c1ccc(-c2nc(-c3cccc4ccccc34)nc(-c3cccc4c3ccc3sc5cccc(-c6ccc7c(c6)sc6cc8ccccc8cc67)c5c34)n2)cc1. The number of nitrogens with zero attached hydrogens (tertiary/aromatic N) is 3. The molecule has 0 fully saturated rings. The normalized spacial score (nSPS) is 11.9. The summed E-state index contributed by atoms with van der Waals surface area (Å²) in [5, 5.41) is 12.3. The fourth-order valence-electron chi connectivity index (χ4n) is 8.49. The lowest BCUT2D eigenvalue weighted by molar-refractivity contribution is 1.08. The van der Waals surface area contributed by atoms with Crippen molar-refractivity contribution < 1.29 is 0 Å². The van der Waals surface area contributed by atoms with Crippen LogP contribution in [0.15, 0.2) is 176 Å². The van der Waals surface area contributed by atoms with E-state index in [0.29, 0.717) is 17.5 Å². The molecule has 0 aliphatic rings. The Morgan fingerprint density at radius 2 is 0.875 bits per heavy atom. The molecule has 0 spiro atoms. The molecule has 0 amide bonds. The van der Waals surface area contributed by atoms with E-state index >= 15 is 0 Å². The van der Waals surface area contributed by atoms with Crippen molar-refractivity contribution in [1.29, 1.82) is 0 Å². The van der Waals surface area contributed by atoms with E-state index < -0.39 is 0 Å². The minimum atomic E-state index is 0.657. The summed E-state index contributed by atoms with van der Waals surface area (Å²) in [4.78, 5) is 15.5. The van der Waals surface area contributed by atoms with Crippen LogP contribution < -0.4 is 0 Å². The van der Waals surface area contributed by atoms with E-state index in [2.05, 4.69) is 158 Å². The van der Waals surface area contributed by atoms with Gasteiger partial charge in [0, 0.05) is 57.0 Å². The zero-order chi connectivity index (χ0) is 36.7. The van der Waals surface area contributed by atoms with Gasteiger partial charge in [0.15, 0.2) is 17.5 Å². The number of hydrogen-bond donors (Lipinski definition) is 0. The number of fused-ring (bicyclic) bond motifs is 10. The Kier molecular flexibility index (Phi) is 6.97. The first-order chi connectivity index (χ1) is 27.7. The molecule has 260 valence electrons. The Hall–Kier alpha value is -6.79. The summed E-state index contributed by atoms with van der Waals surface area (Å²) in [6, 6.07) is 63.2. The number of aromatic nitrogens is 3. The average Bonchev–Trinajstić information content (AvgIpc) is 3.83. The van der Waals surface area contributed by atoms with Crippen LogP contribution in [0.1, 0.15) is 0 Å². The number of hydrogen-bond acceptors (Lipinski definition) is 5. The Morgan fingerprint density at radius 3 is 1.73 bits per heavy atom. The first kappa shape index (κ1) is 31.5. The van der Waals surface area contributed by atoms with Gasteiger partial charge in [0.25, 0.3) is 0 Å². The molecule has 0 atom stereocenters. The third-order valence-electron chi connectivity index (χ3n) is 11.1. The highest BCUT2D eigenvalue weighted by molar-refractivity contribution is 7.26. The quantitative estimate of drug-likeness (QED) is 0.180. The monoisotopic (exact) mass is 747 g/mol. The molecule has 0 bridgehead atoms. The van der Waals surface area contributed by atoms with Crippen LogP contribution in [0.4, 0.5) is 0 Å². The van der Waals surface area contributed by atoms with Crippen LogP contribution in [-0.4, -0.2) is 15.0 Å². The minimum Gasteiger partial charge on any atom is -0.208 e. The van der Waals surface area contributed by atoms with Gasteiger partial charge in [0.2, 0.25) is 0 Å². The molecule has 3 heterocycles. The fourth-order valence-corrected chi connectivity index (χ4v) is 10.8. The fraction of sp³-hybridized carbons (Fsp3) is 0. The summed E-state index contributed by atoms with van der Waals surface area (Å²) < 4.78 is 5.18. The topological polar surface area (TPSA) is 38.7 Å². The van der Waals surface area contributed by atoms with E-state index in [1.165, 1.54) is 67.6 Å². The molecule has 12 aromatic rings. The first-order valence-corrected chi connectivity index (χ1v) is 20.4. The van der Waals surface area contributed by atoms with Crippen LogP contribution in [0.3, 0.4) is 0 Å². The maximum absolute atomic E-state index is 5.24. The van der Waals surface area contributed by atoms with Gasteiger partial charge in [-0.05, 0) is 73.8 Å². The minimum absolute atomic E-state index is 0.657. The third-order valence-corrected chi connectivity index (χ3v) is 13.3. The predicted octanol–water partition coefficient (Wildman–Crippen LogP) is 14.7. The van der Waals surface area contributed by atoms with E-state index in [0.717, 1.165) is 32.8 Å². The highest BCUT2D eigenvalue weighted by atomic mass is 32.1. The molecular weight excluding hydrogens is 719 g/mol. The van der Waals surface area contributed by atoms with Gasteiger partial charge in [-0.25, -0.2) is 15.0 Å². The van der Waals surface area contributed by atoms with E-state index in [1.54, 1.807) is 0 Å².